The van der Waals surface area contributed by atoms with Gasteiger partial charge in [-0.25, -0.2) is 4.79 Å². The number of nitrogens with one attached hydrogen (secondary N) is 1. The molecule has 0 spiro atoms. The second kappa shape index (κ2) is 6.26. The van der Waals surface area contributed by atoms with E-state index >= 15 is 0 Å². The Kier molecular flexibility index (Phi) is 4.17. The van der Waals surface area contributed by atoms with Gasteiger partial charge in [0.2, 0.25) is 0 Å². The summed E-state index contributed by atoms with van der Waals surface area (Å²) in [7, 11) is 0. The van der Waals surface area contributed by atoms with Crippen molar-refractivity contribution in [3.8, 4) is 0 Å². The van der Waals surface area contributed by atoms with Gasteiger partial charge in [0.05, 0.1) is 0 Å². The normalized spacial score (nSPS) is 10.7. The van der Waals surface area contributed by atoms with E-state index in [9.17, 15) is 9.59 Å². The minimum Gasteiger partial charge on any atom is -0.422 e. The highest BCUT2D eigenvalue weighted by Crippen LogP contribution is 2.16. The summed E-state index contributed by atoms with van der Waals surface area (Å²) in [6, 6.07) is 14.2. The van der Waals surface area contributed by atoms with Crippen molar-refractivity contribution in [2.45, 2.75) is 13.5 Å². The molecule has 0 aliphatic carbocycles. The van der Waals surface area contributed by atoms with Gasteiger partial charge in [-0.1, -0.05) is 41.4 Å². The molecule has 1 N–H and O–H groups in total. The van der Waals surface area contributed by atoms with E-state index in [1.54, 1.807) is 18.2 Å². The van der Waals surface area contributed by atoms with Gasteiger partial charge in [0.1, 0.15) is 11.1 Å². The molecule has 3 aromatic rings. The molecule has 3 rings (SSSR count). The molecule has 1 heterocycles. The van der Waals surface area contributed by atoms with E-state index < -0.39 is 11.5 Å². The van der Waals surface area contributed by atoms with Gasteiger partial charge < -0.3 is 9.73 Å². The number of fused-ring (bicyclic) bond motifs is 1. The number of benzene rings is 2. The molecule has 116 valence electrons. The lowest BCUT2D eigenvalue weighted by atomic mass is 10.1. The van der Waals surface area contributed by atoms with Crippen LogP contribution in [0.15, 0.2) is 57.7 Å². The fourth-order valence-electron chi connectivity index (χ4n) is 2.31. The third kappa shape index (κ3) is 3.27. The minimum atomic E-state index is -0.655. The van der Waals surface area contributed by atoms with Crippen molar-refractivity contribution < 1.29 is 9.21 Å². The van der Waals surface area contributed by atoms with E-state index in [0.29, 0.717) is 16.0 Å². The van der Waals surface area contributed by atoms with E-state index in [4.69, 9.17) is 16.0 Å². The molecule has 0 unspecified atom stereocenters. The predicted molar refractivity (Wildman–Crippen MR) is 89.8 cm³/mol. The van der Waals surface area contributed by atoms with Gasteiger partial charge in [-0.15, -0.1) is 0 Å². The topological polar surface area (TPSA) is 59.3 Å². The first-order valence-electron chi connectivity index (χ1n) is 7.11. The van der Waals surface area contributed by atoms with Crippen LogP contribution in [0.3, 0.4) is 0 Å². The van der Waals surface area contributed by atoms with Crippen LogP contribution in [0.25, 0.3) is 11.0 Å². The van der Waals surface area contributed by atoms with Crippen molar-refractivity contribution in [2.24, 2.45) is 0 Å². The Bertz CT molecular complexity index is 946. The lowest BCUT2D eigenvalue weighted by Gasteiger charge is -2.07. The smallest absolute Gasteiger partial charge is 0.349 e. The van der Waals surface area contributed by atoms with Gasteiger partial charge >= 0.3 is 5.63 Å². The second-order valence-corrected chi connectivity index (χ2v) is 5.67. The zero-order valence-electron chi connectivity index (χ0n) is 12.4. The van der Waals surface area contributed by atoms with E-state index in [2.05, 4.69) is 5.32 Å². The summed E-state index contributed by atoms with van der Waals surface area (Å²) in [6.45, 7) is 2.17. The standard InChI is InChI=1S/C18H14ClNO3/c1-11-6-7-16-13(8-11)9-14(18(22)23-16)17(21)20-10-12-4-2-3-5-15(12)19/h2-9H,10H2,1H3,(H,20,21). The van der Waals surface area contributed by atoms with E-state index in [1.165, 1.54) is 0 Å². The van der Waals surface area contributed by atoms with E-state index in [0.717, 1.165) is 11.1 Å². The zero-order chi connectivity index (χ0) is 16.4. The lowest BCUT2D eigenvalue weighted by Crippen LogP contribution is -2.27. The van der Waals surface area contributed by atoms with Crippen molar-refractivity contribution >= 4 is 28.5 Å². The van der Waals surface area contributed by atoms with Crippen LogP contribution in [-0.2, 0) is 6.54 Å². The number of hydrogen-bond acceptors (Lipinski definition) is 3. The monoisotopic (exact) mass is 327 g/mol. The van der Waals surface area contributed by atoms with Crippen LogP contribution in [0.5, 0.6) is 0 Å². The molecule has 23 heavy (non-hydrogen) atoms. The summed E-state index contributed by atoms with van der Waals surface area (Å²) in [5.41, 5.74) is 1.59. The maximum absolute atomic E-state index is 12.3. The van der Waals surface area contributed by atoms with Crippen molar-refractivity contribution in [1.82, 2.24) is 5.32 Å². The second-order valence-electron chi connectivity index (χ2n) is 5.26. The van der Waals surface area contributed by atoms with Crippen molar-refractivity contribution in [3.63, 3.8) is 0 Å². The van der Waals surface area contributed by atoms with Crippen LogP contribution >= 0.6 is 11.6 Å². The molecule has 0 bridgehead atoms. The Morgan fingerprint density at radius 2 is 1.96 bits per heavy atom. The van der Waals surface area contributed by atoms with Crippen LogP contribution in [0.1, 0.15) is 21.5 Å². The quantitative estimate of drug-likeness (QED) is 0.746. The third-order valence-corrected chi connectivity index (χ3v) is 3.90. The summed E-state index contributed by atoms with van der Waals surface area (Å²) in [5, 5.41) is 3.97. The summed E-state index contributed by atoms with van der Waals surface area (Å²) >= 11 is 6.05. The maximum Gasteiger partial charge on any atom is 0.349 e. The maximum atomic E-state index is 12.3. The van der Waals surface area contributed by atoms with Gasteiger partial charge in [-0.05, 0) is 36.8 Å². The van der Waals surface area contributed by atoms with Crippen LogP contribution in [0, 0.1) is 6.92 Å². The molecular formula is C18H14ClNO3. The van der Waals surface area contributed by atoms with Gasteiger partial charge in [0, 0.05) is 17.0 Å². The number of hydrogen-bond donors (Lipinski definition) is 1. The number of rotatable bonds is 3. The van der Waals surface area contributed by atoms with Gasteiger partial charge in [-0.2, -0.15) is 0 Å². The lowest BCUT2D eigenvalue weighted by molar-refractivity contribution is 0.0947. The Morgan fingerprint density at radius 1 is 1.17 bits per heavy atom. The molecule has 0 radical (unpaired) electrons. The average molecular weight is 328 g/mol. The summed E-state index contributed by atoms with van der Waals surface area (Å²) in [4.78, 5) is 24.2. The average Bonchev–Trinajstić information content (AvgIpc) is 2.53. The molecule has 0 saturated carbocycles. The molecule has 5 heteroatoms. The summed E-state index contributed by atoms with van der Waals surface area (Å²) < 4.78 is 5.20. The van der Waals surface area contributed by atoms with E-state index in [-0.39, 0.29) is 12.1 Å². The summed E-state index contributed by atoms with van der Waals surface area (Å²) in [5.74, 6) is -0.484. The first-order chi connectivity index (χ1) is 11.0. The third-order valence-electron chi connectivity index (χ3n) is 3.53. The predicted octanol–water partition coefficient (Wildman–Crippen LogP) is 3.68. The fraction of sp³-hybridized carbons (Fsp3) is 0.111. The molecule has 1 aromatic heterocycles. The highest BCUT2D eigenvalue weighted by molar-refractivity contribution is 6.31. The number of amides is 1. The molecule has 0 aliphatic rings. The fourth-order valence-corrected chi connectivity index (χ4v) is 2.52. The van der Waals surface area contributed by atoms with Gasteiger partial charge in [-0.3, -0.25) is 4.79 Å². The minimum absolute atomic E-state index is 0.0184. The molecule has 0 aliphatic heterocycles. The number of carbonyl (C=O) groups is 1. The molecule has 0 saturated heterocycles. The number of carbonyl (C=O) groups excluding carboxylic acids is 1. The molecule has 0 fully saturated rings. The molecule has 1 amide bonds. The molecular weight excluding hydrogens is 314 g/mol. The first kappa shape index (κ1) is 15.3. The summed E-state index contributed by atoms with van der Waals surface area (Å²) in [6.07, 6.45) is 0. The first-order valence-corrected chi connectivity index (χ1v) is 7.48. The Morgan fingerprint density at radius 3 is 2.74 bits per heavy atom. The highest BCUT2D eigenvalue weighted by atomic mass is 35.5. The van der Waals surface area contributed by atoms with Gasteiger partial charge in [0.15, 0.2) is 0 Å². The van der Waals surface area contributed by atoms with Crippen molar-refractivity contribution in [3.05, 3.63) is 80.7 Å². The molecule has 2 aromatic carbocycles. The Labute approximate surface area is 137 Å². The van der Waals surface area contributed by atoms with Crippen molar-refractivity contribution in [2.75, 3.05) is 0 Å². The largest absolute Gasteiger partial charge is 0.422 e. The number of aryl methyl sites for hydroxylation is 1. The SMILES string of the molecule is Cc1ccc2oc(=O)c(C(=O)NCc3ccccc3Cl)cc2c1. The number of halogens is 1. The van der Waals surface area contributed by atoms with E-state index in [1.807, 2.05) is 37.3 Å². The Balaban J connectivity index is 1.87. The van der Waals surface area contributed by atoms with Crippen molar-refractivity contribution in [1.29, 1.82) is 0 Å². The van der Waals surface area contributed by atoms with Crippen LogP contribution in [0.2, 0.25) is 5.02 Å². The Hall–Kier alpha value is -2.59. The zero-order valence-corrected chi connectivity index (χ0v) is 13.2. The molecule has 0 atom stereocenters. The highest BCUT2D eigenvalue weighted by Gasteiger charge is 2.14. The van der Waals surface area contributed by atoms with Crippen LogP contribution in [0.4, 0.5) is 0 Å². The van der Waals surface area contributed by atoms with Gasteiger partial charge in [0.25, 0.3) is 5.91 Å². The molecule has 4 nitrogen and oxygen atoms in total. The van der Waals surface area contributed by atoms with Crippen LogP contribution < -0.4 is 10.9 Å². The van der Waals surface area contributed by atoms with Crippen LogP contribution in [-0.4, -0.2) is 5.91 Å².